The summed E-state index contributed by atoms with van der Waals surface area (Å²) in [4.78, 5) is 10.5. The molecule has 0 radical (unpaired) electrons. The van der Waals surface area contributed by atoms with E-state index >= 15 is 0 Å². The van der Waals surface area contributed by atoms with Gasteiger partial charge in [0, 0.05) is 23.4 Å². The molecule has 24 heavy (non-hydrogen) atoms. The van der Waals surface area contributed by atoms with Crippen molar-refractivity contribution in [2.24, 2.45) is 0 Å². The third-order valence-corrected chi connectivity index (χ3v) is 4.86. The first-order valence-corrected chi connectivity index (χ1v) is 9.00. The zero-order chi connectivity index (χ0) is 18.1. The molecular weight excluding hydrogens is 356 g/mol. The molecule has 0 heterocycles. The number of nitro groups is 1. The molecular formula is C15H15ClN2O5S. The van der Waals surface area contributed by atoms with Crippen LogP contribution in [0.1, 0.15) is 5.56 Å². The number of halogens is 1. The minimum Gasteiger partial charge on any atom is -0.495 e. The molecule has 0 fully saturated rings. The fraction of sp³-hybridized carbons (Fsp3) is 0.200. The van der Waals surface area contributed by atoms with Gasteiger partial charge in [0.1, 0.15) is 11.4 Å². The monoisotopic (exact) mass is 370 g/mol. The second-order valence-electron chi connectivity index (χ2n) is 5.13. The Balaban J connectivity index is 2.54. The first-order valence-electron chi connectivity index (χ1n) is 6.73. The lowest BCUT2D eigenvalue weighted by atomic mass is 10.2. The van der Waals surface area contributed by atoms with Crippen molar-refractivity contribution in [1.82, 2.24) is 0 Å². The summed E-state index contributed by atoms with van der Waals surface area (Å²) in [5.41, 5.74) is 1.03. The normalized spacial score (nSPS) is 11.2. The maximum absolute atomic E-state index is 11.6. The first kappa shape index (κ1) is 18.0. The van der Waals surface area contributed by atoms with E-state index in [0.717, 1.165) is 17.9 Å². The van der Waals surface area contributed by atoms with Gasteiger partial charge in [0.15, 0.2) is 9.84 Å². The fourth-order valence-corrected chi connectivity index (χ4v) is 2.87. The zero-order valence-electron chi connectivity index (χ0n) is 13.2. The van der Waals surface area contributed by atoms with Crippen molar-refractivity contribution in [2.75, 3.05) is 18.7 Å². The lowest BCUT2D eigenvalue weighted by Gasteiger charge is -2.13. The quantitative estimate of drug-likeness (QED) is 0.636. The van der Waals surface area contributed by atoms with Gasteiger partial charge in [-0.3, -0.25) is 10.1 Å². The van der Waals surface area contributed by atoms with E-state index in [2.05, 4.69) is 5.32 Å². The molecule has 0 amide bonds. The lowest BCUT2D eigenvalue weighted by molar-refractivity contribution is -0.384. The Hall–Kier alpha value is -2.32. The first-order chi connectivity index (χ1) is 11.1. The number of hydrogen-bond donors (Lipinski definition) is 1. The number of aryl methyl sites for hydroxylation is 1. The van der Waals surface area contributed by atoms with E-state index in [4.69, 9.17) is 16.3 Å². The van der Waals surface area contributed by atoms with Gasteiger partial charge in [-0.2, -0.15) is 0 Å². The van der Waals surface area contributed by atoms with E-state index in [1.165, 1.54) is 19.2 Å². The standard InChI is InChI=1S/C15H15ClN2O5S/c1-9-6-13(15(23-2)8-11(9)16)17-12-5-4-10(24(3,21)22)7-14(12)18(19)20/h4-8,17H,1-3H3. The molecule has 9 heteroatoms. The summed E-state index contributed by atoms with van der Waals surface area (Å²) < 4.78 is 28.4. The van der Waals surface area contributed by atoms with Crippen molar-refractivity contribution >= 4 is 38.5 Å². The largest absolute Gasteiger partial charge is 0.495 e. The highest BCUT2D eigenvalue weighted by Gasteiger charge is 2.20. The summed E-state index contributed by atoms with van der Waals surface area (Å²) in [6.07, 6.45) is 0.991. The number of rotatable bonds is 5. The van der Waals surface area contributed by atoms with Crippen LogP contribution in [0.4, 0.5) is 17.1 Å². The third kappa shape index (κ3) is 3.77. The van der Waals surface area contributed by atoms with E-state index in [9.17, 15) is 18.5 Å². The molecule has 2 aromatic carbocycles. The van der Waals surface area contributed by atoms with Crippen LogP contribution in [-0.4, -0.2) is 26.7 Å². The SMILES string of the molecule is COc1cc(Cl)c(C)cc1Nc1ccc(S(C)(=O)=O)cc1[N+](=O)[O-]. The Labute approximate surface area is 144 Å². The summed E-state index contributed by atoms with van der Waals surface area (Å²) in [6.45, 7) is 1.79. The molecule has 0 atom stereocenters. The van der Waals surface area contributed by atoms with Crippen molar-refractivity contribution in [3.63, 3.8) is 0 Å². The van der Waals surface area contributed by atoms with Crippen molar-refractivity contribution in [3.05, 3.63) is 51.0 Å². The van der Waals surface area contributed by atoms with Crippen molar-refractivity contribution in [3.8, 4) is 5.75 Å². The Morgan fingerprint density at radius 3 is 2.42 bits per heavy atom. The molecule has 0 bridgehead atoms. The molecule has 0 saturated heterocycles. The highest BCUT2D eigenvalue weighted by Crippen LogP contribution is 2.36. The molecule has 7 nitrogen and oxygen atoms in total. The summed E-state index contributed by atoms with van der Waals surface area (Å²) >= 11 is 6.04. The van der Waals surface area contributed by atoms with Crippen LogP contribution < -0.4 is 10.1 Å². The summed E-state index contributed by atoms with van der Waals surface area (Å²) in [5.74, 6) is 0.409. The van der Waals surface area contributed by atoms with Crippen molar-refractivity contribution in [2.45, 2.75) is 11.8 Å². The van der Waals surface area contributed by atoms with Gasteiger partial charge >= 0.3 is 0 Å². The molecule has 0 spiro atoms. The second-order valence-corrected chi connectivity index (χ2v) is 7.56. The van der Waals surface area contributed by atoms with Gasteiger partial charge in [0.25, 0.3) is 5.69 Å². The van der Waals surface area contributed by atoms with Crippen molar-refractivity contribution in [1.29, 1.82) is 0 Å². The van der Waals surface area contributed by atoms with Gasteiger partial charge < -0.3 is 10.1 Å². The van der Waals surface area contributed by atoms with Crippen LogP contribution in [0.2, 0.25) is 5.02 Å². The van der Waals surface area contributed by atoms with E-state index in [1.807, 2.05) is 0 Å². The van der Waals surface area contributed by atoms with Crippen LogP contribution in [0.25, 0.3) is 0 Å². The van der Waals surface area contributed by atoms with Gasteiger partial charge in [0.2, 0.25) is 0 Å². The van der Waals surface area contributed by atoms with Crippen LogP contribution >= 0.6 is 11.6 Å². The number of anilines is 2. The van der Waals surface area contributed by atoms with Crippen LogP contribution in [-0.2, 0) is 9.84 Å². The molecule has 0 aliphatic rings. The highest BCUT2D eigenvalue weighted by atomic mass is 35.5. The smallest absolute Gasteiger partial charge is 0.293 e. The van der Waals surface area contributed by atoms with E-state index in [-0.39, 0.29) is 16.3 Å². The third-order valence-electron chi connectivity index (χ3n) is 3.34. The van der Waals surface area contributed by atoms with E-state index < -0.39 is 14.8 Å². The lowest BCUT2D eigenvalue weighted by Crippen LogP contribution is -2.03. The molecule has 2 rings (SSSR count). The molecule has 0 saturated carbocycles. The van der Waals surface area contributed by atoms with Crippen LogP contribution in [0.15, 0.2) is 35.2 Å². The zero-order valence-corrected chi connectivity index (χ0v) is 14.7. The minimum atomic E-state index is -3.55. The predicted molar refractivity (Wildman–Crippen MR) is 92.2 cm³/mol. The molecule has 1 N–H and O–H groups in total. The number of nitro benzene ring substituents is 1. The molecule has 0 aliphatic heterocycles. The van der Waals surface area contributed by atoms with Crippen LogP contribution in [0.5, 0.6) is 5.75 Å². The maximum atomic E-state index is 11.6. The molecule has 0 unspecified atom stereocenters. The Bertz CT molecular complexity index is 912. The van der Waals surface area contributed by atoms with Gasteiger partial charge in [0.05, 0.1) is 22.6 Å². The van der Waals surface area contributed by atoms with Gasteiger partial charge in [-0.15, -0.1) is 0 Å². The van der Waals surface area contributed by atoms with Gasteiger partial charge in [-0.25, -0.2) is 8.42 Å². The predicted octanol–water partition coefficient (Wildman–Crippen LogP) is 3.71. The number of ether oxygens (including phenoxy) is 1. The van der Waals surface area contributed by atoms with E-state index in [1.54, 1.807) is 19.1 Å². The summed E-state index contributed by atoms with van der Waals surface area (Å²) in [7, 11) is -2.10. The summed E-state index contributed by atoms with van der Waals surface area (Å²) in [6, 6.07) is 6.95. The highest BCUT2D eigenvalue weighted by molar-refractivity contribution is 7.90. The number of nitrogens with one attached hydrogen (secondary N) is 1. The minimum absolute atomic E-state index is 0.126. The molecule has 2 aromatic rings. The van der Waals surface area contributed by atoms with Crippen LogP contribution in [0, 0.1) is 17.0 Å². The van der Waals surface area contributed by atoms with E-state index in [0.29, 0.717) is 16.5 Å². The number of benzene rings is 2. The Kier molecular flexibility index (Phi) is 5.00. The number of nitrogens with zero attached hydrogens (tertiary/aromatic N) is 1. The second kappa shape index (κ2) is 6.66. The fourth-order valence-electron chi connectivity index (χ4n) is 2.07. The Morgan fingerprint density at radius 1 is 1.21 bits per heavy atom. The molecule has 0 aliphatic carbocycles. The number of methoxy groups -OCH3 is 1. The average Bonchev–Trinajstić information content (AvgIpc) is 2.49. The topological polar surface area (TPSA) is 98.5 Å². The number of sulfone groups is 1. The van der Waals surface area contributed by atoms with Crippen LogP contribution in [0.3, 0.4) is 0 Å². The maximum Gasteiger partial charge on any atom is 0.293 e. The average molecular weight is 371 g/mol. The summed E-state index contributed by atoms with van der Waals surface area (Å²) in [5, 5.41) is 14.7. The van der Waals surface area contributed by atoms with Crippen molar-refractivity contribution < 1.29 is 18.1 Å². The van der Waals surface area contributed by atoms with Gasteiger partial charge in [-0.1, -0.05) is 11.6 Å². The number of hydrogen-bond acceptors (Lipinski definition) is 6. The Morgan fingerprint density at radius 2 is 1.88 bits per heavy atom. The molecule has 128 valence electrons. The van der Waals surface area contributed by atoms with Gasteiger partial charge in [-0.05, 0) is 30.7 Å². The molecule has 0 aromatic heterocycles.